The second kappa shape index (κ2) is 28.9. The molecule has 1 fully saturated rings. The number of aliphatic hydroxyl groups excluding tert-OH is 5. The van der Waals surface area contributed by atoms with Crippen LogP contribution in [0.25, 0.3) is 0 Å². The fourth-order valence-electron chi connectivity index (χ4n) is 5.19. The third-order valence-electron chi connectivity index (χ3n) is 8.14. The number of hydrogen-bond donors (Lipinski definition) is 6. The Hall–Kier alpha value is -2.11. The number of rotatable bonds is 27. The molecule has 270 valence electrons. The number of allylic oxidation sites excluding steroid dienone is 10. The first-order valence-corrected chi connectivity index (χ1v) is 18.0. The molecule has 0 aliphatic carbocycles. The third-order valence-corrected chi connectivity index (χ3v) is 8.14. The smallest absolute Gasteiger partial charge is 0.220 e. The molecule has 1 aliphatic rings. The molecule has 1 heterocycles. The largest absolute Gasteiger partial charge is 0.394 e. The Morgan fingerprint density at radius 3 is 1.87 bits per heavy atom. The second-order valence-corrected chi connectivity index (χ2v) is 12.3. The summed E-state index contributed by atoms with van der Waals surface area (Å²) in [6.45, 7) is 3.59. The highest BCUT2D eigenvalue weighted by molar-refractivity contribution is 5.76. The van der Waals surface area contributed by atoms with E-state index in [1.165, 1.54) is 25.7 Å². The average Bonchev–Trinajstić information content (AvgIpc) is 3.07. The molecule has 0 aromatic heterocycles. The summed E-state index contributed by atoms with van der Waals surface area (Å²) in [5.74, 6) is -0.210. The lowest BCUT2D eigenvalue weighted by atomic mass is 9.99. The summed E-state index contributed by atoms with van der Waals surface area (Å²) in [5.41, 5.74) is 0. The number of unbranched alkanes of at least 4 members (excludes halogenated alkanes) is 7. The molecule has 9 nitrogen and oxygen atoms in total. The molecule has 7 atom stereocenters. The van der Waals surface area contributed by atoms with E-state index in [1.54, 1.807) is 0 Å². The lowest BCUT2D eigenvalue weighted by Crippen LogP contribution is -2.60. The highest BCUT2D eigenvalue weighted by Gasteiger charge is 2.44. The van der Waals surface area contributed by atoms with E-state index >= 15 is 0 Å². The molecule has 0 bridgehead atoms. The van der Waals surface area contributed by atoms with Crippen LogP contribution < -0.4 is 5.32 Å². The SMILES string of the molecule is CC/C=C\C/C=C\C/C=C\C/C=C\C/C=C\CCCC(=O)NC(COC1OC(CO)C(O)C(O)C1O)C(O)CCCCCCCCC. The summed E-state index contributed by atoms with van der Waals surface area (Å²) < 4.78 is 11.1. The lowest BCUT2D eigenvalue weighted by Gasteiger charge is -2.40. The Kier molecular flexibility index (Phi) is 26.4. The molecule has 0 saturated carbocycles. The third kappa shape index (κ3) is 20.8. The van der Waals surface area contributed by atoms with E-state index in [0.717, 1.165) is 57.8 Å². The van der Waals surface area contributed by atoms with Crippen LogP contribution in [0.5, 0.6) is 0 Å². The quantitative estimate of drug-likeness (QED) is 0.0484. The fraction of sp³-hybridized carbons (Fsp3) is 0.711. The monoisotopic (exact) mass is 663 g/mol. The predicted octanol–water partition coefficient (Wildman–Crippen LogP) is 5.71. The maximum absolute atomic E-state index is 12.8. The second-order valence-electron chi connectivity index (χ2n) is 12.3. The minimum absolute atomic E-state index is 0.166. The van der Waals surface area contributed by atoms with Gasteiger partial charge in [0.15, 0.2) is 6.29 Å². The van der Waals surface area contributed by atoms with Crippen LogP contribution in [0.4, 0.5) is 0 Å². The van der Waals surface area contributed by atoms with Crippen molar-refractivity contribution < 1.29 is 39.8 Å². The van der Waals surface area contributed by atoms with Crippen molar-refractivity contribution in [2.75, 3.05) is 13.2 Å². The van der Waals surface area contributed by atoms with E-state index in [-0.39, 0.29) is 18.9 Å². The molecule has 1 rings (SSSR count). The van der Waals surface area contributed by atoms with Crippen LogP contribution in [0.15, 0.2) is 60.8 Å². The van der Waals surface area contributed by atoms with Gasteiger partial charge in [-0.3, -0.25) is 4.79 Å². The number of hydrogen-bond acceptors (Lipinski definition) is 8. The van der Waals surface area contributed by atoms with E-state index in [9.17, 15) is 30.3 Å². The van der Waals surface area contributed by atoms with Crippen LogP contribution in [0, 0.1) is 0 Å². The van der Waals surface area contributed by atoms with Gasteiger partial charge in [-0.05, 0) is 51.4 Å². The van der Waals surface area contributed by atoms with Crippen LogP contribution in [-0.4, -0.2) is 87.5 Å². The van der Waals surface area contributed by atoms with Crippen molar-refractivity contribution in [3.63, 3.8) is 0 Å². The summed E-state index contributed by atoms with van der Waals surface area (Å²) in [5, 5.41) is 53.7. The van der Waals surface area contributed by atoms with Crippen LogP contribution >= 0.6 is 0 Å². The van der Waals surface area contributed by atoms with Gasteiger partial charge >= 0.3 is 0 Å². The van der Waals surface area contributed by atoms with Crippen molar-refractivity contribution in [3.05, 3.63) is 60.8 Å². The van der Waals surface area contributed by atoms with Gasteiger partial charge < -0.3 is 40.3 Å². The van der Waals surface area contributed by atoms with Crippen LogP contribution in [0.2, 0.25) is 0 Å². The molecule has 1 aliphatic heterocycles. The number of nitrogens with one attached hydrogen (secondary N) is 1. The molecular weight excluding hydrogens is 598 g/mol. The standard InChI is InChI=1S/C38H65NO8/c1-3-5-7-9-11-12-13-14-15-16-17-18-19-20-22-24-26-28-34(42)39-31(32(41)27-25-23-21-10-8-6-4-2)30-46-38-37(45)36(44)35(43)33(29-40)47-38/h5,7,11-12,14-15,17-18,20,22,31-33,35-38,40-41,43-45H,3-4,6,8-10,13,16,19,21,23-30H2,1-2H3,(H,39,42)/b7-5-,12-11-,15-14-,18-17-,22-20-. The Balaban J connectivity index is 2.46. The van der Waals surface area contributed by atoms with Gasteiger partial charge in [0.1, 0.15) is 24.4 Å². The van der Waals surface area contributed by atoms with Gasteiger partial charge in [0.25, 0.3) is 0 Å². The Morgan fingerprint density at radius 1 is 0.745 bits per heavy atom. The van der Waals surface area contributed by atoms with E-state index in [1.807, 2.05) is 0 Å². The van der Waals surface area contributed by atoms with E-state index < -0.39 is 49.5 Å². The van der Waals surface area contributed by atoms with Crippen molar-refractivity contribution in [2.24, 2.45) is 0 Å². The average molecular weight is 664 g/mol. The molecule has 0 spiro atoms. The molecule has 7 unspecified atom stereocenters. The van der Waals surface area contributed by atoms with Gasteiger partial charge in [0, 0.05) is 6.42 Å². The molecular formula is C38H65NO8. The molecule has 1 saturated heterocycles. The Morgan fingerprint density at radius 2 is 1.30 bits per heavy atom. The van der Waals surface area contributed by atoms with Crippen molar-refractivity contribution in [2.45, 2.75) is 159 Å². The highest BCUT2D eigenvalue weighted by atomic mass is 16.7. The molecule has 0 radical (unpaired) electrons. The minimum atomic E-state index is -1.56. The maximum atomic E-state index is 12.8. The van der Waals surface area contributed by atoms with Crippen LogP contribution in [-0.2, 0) is 14.3 Å². The summed E-state index contributed by atoms with van der Waals surface area (Å²) in [4.78, 5) is 12.8. The van der Waals surface area contributed by atoms with Gasteiger partial charge in [0.2, 0.25) is 5.91 Å². The molecule has 47 heavy (non-hydrogen) atoms. The molecule has 0 aromatic rings. The normalized spacial score (nSPS) is 23.6. The van der Waals surface area contributed by atoms with Crippen molar-refractivity contribution in [1.82, 2.24) is 5.32 Å². The zero-order valence-corrected chi connectivity index (χ0v) is 29.0. The summed E-state index contributed by atoms with van der Waals surface area (Å²) >= 11 is 0. The van der Waals surface area contributed by atoms with Gasteiger partial charge in [-0.15, -0.1) is 0 Å². The number of carbonyl (C=O) groups is 1. The van der Waals surface area contributed by atoms with Crippen molar-refractivity contribution >= 4 is 5.91 Å². The summed E-state index contributed by atoms with van der Waals surface area (Å²) in [6, 6.07) is -0.747. The van der Waals surface area contributed by atoms with Crippen LogP contribution in [0.1, 0.15) is 117 Å². The number of carbonyl (C=O) groups excluding carboxylic acids is 1. The highest BCUT2D eigenvalue weighted by Crippen LogP contribution is 2.22. The Bertz CT molecular complexity index is 915. The zero-order valence-electron chi connectivity index (χ0n) is 29.0. The van der Waals surface area contributed by atoms with Gasteiger partial charge in [-0.1, -0.05) is 120 Å². The van der Waals surface area contributed by atoms with Gasteiger partial charge in [0.05, 0.1) is 25.4 Å². The lowest BCUT2D eigenvalue weighted by molar-refractivity contribution is -0.302. The topological polar surface area (TPSA) is 149 Å². The first-order valence-electron chi connectivity index (χ1n) is 18.0. The van der Waals surface area contributed by atoms with E-state index in [2.05, 4.69) is 79.9 Å². The van der Waals surface area contributed by atoms with E-state index in [0.29, 0.717) is 12.8 Å². The van der Waals surface area contributed by atoms with Crippen molar-refractivity contribution in [1.29, 1.82) is 0 Å². The van der Waals surface area contributed by atoms with Crippen molar-refractivity contribution in [3.8, 4) is 0 Å². The number of aliphatic hydroxyl groups is 5. The molecule has 9 heteroatoms. The zero-order chi connectivity index (χ0) is 34.5. The summed E-state index contributed by atoms with van der Waals surface area (Å²) in [7, 11) is 0. The van der Waals surface area contributed by atoms with E-state index in [4.69, 9.17) is 9.47 Å². The molecule has 6 N–H and O–H groups in total. The first kappa shape index (κ1) is 42.9. The van der Waals surface area contributed by atoms with Gasteiger partial charge in [-0.2, -0.15) is 0 Å². The van der Waals surface area contributed by atoms with Gasteiger partial charge in [-0.25, -0.2) is 0 Å². The number of amides is 1. The molecule has 0 aromatic carbocycles. The number of ether oxygens (including phenoxy) is 2. The fourth-order valence-corrected chi connectivity index (χ4v) is 5.19. The predicted molar refractivity (Wildman–Crippen MR) is 189 cm³/mol. The summed E-state index contributed by atoms with van der Waals surface area (Å²) in [6.07, 6.45) is 28.2. The Labute approximate surface area is 284 Å². The minimum Gasteiger partial charge on any atom is -0.394 e. The maximum Gasteiger partial charge on any atom is 0.220 e. The first-order chi connectivity index (χ1) is 22.8. The van der Waals surface area contributed by atoms with Crippen LogP contribution in [0.3, 0.4) is 0 Å². The molecule has 1 amide bonds.